The van der Waals surface area contributed by atoms with E-state index in [0.717, 1.165) is 0 Å². The van der Waals surface area contributed by atoms with Gasteiger partial charge >= 0.3 is 0 Å². The fourth-order valence-corrected chi connectivity index (χ4v) is 1.70. The third-order valence-electron chi connectivity index (χ3n) is 2.76. The molecule has 0 saturated carbocycles. The highest BCUT2D eigenvalue weighted by molar-refractivity contribution is 5.95. The molecule has 0 radical (unpaired) electrons. The van der Waals surface area contributed by atoms with Gasteiger partial charge in [-0.15, -0.1) is 0 Å². The number of aliphatic hydroxyl groups is 1. The summed E-state index contributed by atoms with van der Waals surface area (Å²) in [6.45, 7) is 2.74. The maximum absolute atomic E-state index is 11.7. The smallest absolute Gasteiger partial charge is 0.254 e. The number of aryl methyl sites for hydroxylation is 1. The fourth-order valence-electron chi connectivity index (χ4n) is 1.70. The van der Waals surface area contributed by atoms with Crippen molar-refractivity contribution >= 4 is 5.91 Å². The minimum Gasteiger partial charge on any atom is -0.469 e. The normalized spacial score (nSPS) is 24.6. The Bertz CT molecular complexity index is 379. The van der Waals surface area contributed by atoms with Crippen LogP contribution >= 0.6 is 0 Å². The van der Waals surface area contributed by atoms with E-state index >= 15 is 0 Å². The minimum absolute atomic E-state index is 0.205. The van der Waals surface area contributed by atoms with E-state index in [9.17, 15) is 9.90 Å². The zero-order valence-electron chi connectivity index (χ0n) is 9.16. The van der Waals surface area contributed by atoms with Gasteiger partial charge in [-0.3, -0.25) is 4.79 Å². The third kappa shape index (κ3) is 2.25. The first kappa shape index (κ1) is 11.2. The number of carbonyl (C=O) groups excluding carboxylic acids is 1. The fraction of sp³-hybridized carbons (Fsp3) is 0.545. The molecule has 1 aromatic rings. The maximum Gasteiger partial charge on any atom is 0.254 e. The van der Waals surface area contributed by atoms with Crippen molar-refractivity contribution in [3.63, 3.8) is 0 Å². The lowest BCUT2D eigenvalue weighted by Gasteiger charge is -2.20. The van der Waals surface area contributed by atoms with Crippen molar-refractivity contribution in [3.8, 4) is 0 Å². The Labute approximate surface area is 93.4 Å². The highest BCUT2D eigenvalue weighted by Crippen LogP contribution is 2.17. The molecule has 0 aliphatic carbocycles. The average molecular weight is 225 g/mol. The molecule has 1 aliphatic heterocycles. The van der Waals surface area contributed by atoms with E-state index in [-0.39, 0.29) is 19.1 Å². The molecule has 2 rings (SSSR count). The summed E-state index contributed by atoms with van der Waals surface area (Å²) in [4.78, 5) is 11.7. The molecule has 1 amide bonds. The molecule has 0 aromatic carbocycles. The lowest BCUT2D eigenvalue weighted by Crippen LogP contribution is -2.43. The van der Waals surface area contributed by atoms with Crippen molar-refractivity contribution in [3.05, 3.63) is 23.7 Å². The van der Waals surface area contributed by atoms with Crippen molar-refractivity contribution in [2.24, 2.45) is 0 Å². The van der Waals surface area contributed by atoms with Crippen molar-refractivity contribution in [2.45, 2.75) is 18.9 Å². The Morgan fingerprint density at radius 3 is 3.06 bits per heavy atom. The number of ether oxygens (including phenoxy) is 1. The van der Waals surface area contributed by atoms with E-state index in [1.165, 1.54) is 6.26 Å². The van der Waals surface area contributed by atoms with Crippen LogP contribution in [0.5, 0.6) is 0 Å². The Balaban J connectivity index is 1.91. The van der Waals surface area contributed by atoms with Gasteiger partial charge in [-0.05, 0) is 13.0 Å². The minimum atomic E-state index is -0.923. The predicted octanol–water partition coefficient (Wildman–Crippen LogP) is 0.469. The second-order valence-corrected chi connectivity index (χ2v) is 4.10. The molecule has 1 saturated heterocycles. The molecule has 1 aliphatic rings. The average Bonchev–Trinajstić information content (AvgIpc) is 2.85. The van der Waals surface area contributed by atoms with Gasteiger partial charge in [-0.1, -0.05) is 0 Å². The number of furan rings is 1. The van der Waals surface area contributed by atoms with Gasteiger partial charge in [0.2, 0.25) is 0 Å². The first-order valence-corrected chi connectivity index (χ1v) is 5.23. The third-order valence-corrected chi connectivity index (χ3v) is 2.76. The molecule has 2 heterocycles. The molecule has 88 valence electrons. The summed E-state index contributed by atoms with van der Waals surface area (Å²) in [5, 5.41) is 12.6. The van der Waals surface area contributed by atoms with Gasteiger partial charge in [0, 0.05) is 19.6 Å². The topological polar surface area (TPSA) is 71.7 Å². The highest BCUT2D eigenvalue weighted by atomic mass is 16.5. The molecular formula is C11H15NO4. The van der Waals surface area contributed by atoms with Gasteiger partial charge < -0.3 is 19.6 Å². The second kappa shape index (κ2) is 4.27. The second-order valence-electron chi connectivity index (χ2n) is 4.10. The molecule has 0 unspecified atom stereocenters. The van der Waals surface area contributed by atoms with Crippen LogP contribution < -0.4 is 5.32 Å². The van der Waals surface area contributed by atoms with E-state index in [2.05, 4.69) is 5.32 Å². The van der Waals surface area contributed by atoms with Crippen molar-refractivity contribution < 1.29 is 19.1 Å². The summed E-state index contributed by atoms with van der Waals surface area (Å²) in [6.07, 6.45) is 2.02. The van der Waals surface area contributed by atoms with Crippen LogP contribution in [0.1, 0.15) is 22.5 Å². The van der Waals surface area contributed by atoms with Gasteiger partial charge in [0.1, 0.15) is 11.4 Å². The van der Waals surface area contributed by atoms with Crippen LogP contribution in [0.25, 0.3) is 0 Å². The largest absolute Gasteiger partial charge is 0.469 e. The predicted molar refractivity (Wildman–Crippen MR) is 56.2 cm³/mol. The maximum atomic E-state index is 11.7. The Morgan fingerprint density at radius 1 is 1.69 bits per heavy atom. The monoisotopic (exact) mass is 225 g/mol. The molecule has 5 nitrogen and oxygen atoms in total. The van der Waals surface area contributed by atoms with Crippen LogP contribution in [0.2, 0.25) is 0 Å². The first-order valence-electron chi connectivity index (χ1n) is 5.23. The van der Waals surface area contributed by atoms with E-state index in [1.807, 2.05) is 0 Å². The number of hydrogen-bond donors (Lipinski definition) is 2. The summed E-state index contributed by atoms with van der Waals surface area (Å²) in [7, 11) is 0. The van der Waals surface area contributed by atoms with E-state index in [1.54, 1.807) is 13.0 Å². The number of amides is 1. The molecule has 1 atom stereocenters. The number of nitrogens with one attached hydrogen (secondary N) is 1. The van der Waals surface area contributed by atoms with Crippen LogP contribution in [-0.2, 0) is 4.74 Å². The van der Waals surface area contributed by atoms with E-state index in [0.29, 0.717) is 24.4 Å². The van der Waals surface area contributed by atoms with Crippen LogP contribution in [0.3, 0.4) is 0 Å². The summed E-state index contributed by atoms with van der Waals surface area (Å²) in [5.41, 5.74) is -0.421. The van der Waals surface area contributed by atoms with Crippen LogP contribution in [0.4, 0.5) is 0 Å². The summed E-state index contributed by atoms with van der Waals surface area (Å²) < 4.78 is 10.1. The van der Waals surface area contributed by atoms with Crippen molar-refractivity contribution in [1.82, 2.24) is 5.32 Å². The summed E-state index contributed by atoms with van der Waals surface area (Å²) >= 11 is 0. The Kier molecular flexibility index (Phi) is 2.98. The molecule has 16 heavy (non-hydrogen) atoms. The van der Waals surface area contributed by atoms with E-state index in [4.69, 9.17) is 9.15 Å². The molecular weight excluding hydrogens is 210 g/mol. The Hall–Kier alpha value is -1.33. The van der Waals surface area contributed by atoms with Crippen LogP contribution in [0, 0.1) is 6.92 Å². The first-order chi connectivity index (χ1) is 7.61. The number of carbonyl (C=O) groups is 1. The summed E-state index contributed by atoms with van der Waals surface area (Å²) in [5.74, 6) is 0.346. The highest BCUT2D eigenvalue weighted by Gasteiger charge is 2.32. The quantitative estimate of drug-likeness (QED) is 0.784. The van der Waals surface area contributed by atoms with Gasteiger partial charge in [0.05, 0.1) is 18.4 Å². The molecule has 0 spiro atoms. The number of hydrogen-bond acceptors (Lipinski definition) is 4. The lowest BCUT2D eigenvalue weighted by atomic mass is 10.0. The molecule has 0 bridgehead atoms. The van der Waals surface area contributed by atoms with Gasteiger partial charge in [0.25, 0.3) is 5.91 Å². The SMILES string of the molecule is Cc1occc1C(=O)NC[C@]1(O)CCOC1. The zero-order valence-corrected chi connectivity index (χ0v) is 9.16. The number of rotatable bonds is 3. The van der Waals surface area contributed by atoms with Crippen molar-refractivity contribution in [2.75, 3.05) is 19.8 Å². The molecule has 2 N–H and O–H groups in total. The van der Waals surface area contributed by atoms with Gasteiger partial charge in [0.15, 0.2) is 0 Å². The molecule has 5 heteroatoms. The Morgan fingerprint density at radius 2 is 2.50 bits per heavy atom. The molecule has 1 aromatic heterocycles. The van der Waals surface area contributed by atoms with E-state index < -0.39 is 5.60 Å². The lowest BCUT2D eigenvalue weighted by molar-refractivity contribution is 0.0264. The zero-order chi connectivity index (χ0) is 11.6. The van der Waals surface area contributed by atoms with Crippen LogP contribution in [-0.4, -0.2) is 36.4 Å². The van der Waals surface area contributed by atoms with Crippen LogP contribution in [0.15, 0.2) is 16.7 Å². The summed E-state index contributed by atoms with van der Waals surface area (Å²) in [6, 6.07) is 1.61. The molecule has 1 fully saturated rings. The van der Waals surface area contributed by atoms with Crippen molar-refractivity contribution in [1.29, 1.82) is 0 Å². The van der Waals surface area contributed by atoms with Gasteiger partial charge in [-0.2, -0.15) is 0 Å². The van der Waals surface area contributed by atoms with Gasteiger partial charge in [-0.25, -0.2) is 0 Å². The standard InChI is InChI=1S/C11H15NO4/c1-8-9(2-4-16-8)10(13)12-6-11(14)3-5-15-7-11/h2,4,14H,3,5-7H2,1H3,(H,12,13)/t11-/m1/s1.